The lowest BCUT2D eigenvalue weighted by molar-refractivity contribution is 0.590. The summed E-state index contributed by atoms with van der Waals surface area (Å²) in [7, 11) is 0. The molecule has 1 rings (SSSR count). The maximum Gasteiger partial charge on any atom is 0.0373 e. The Bertz CT molecular complexity index is 324. The number of aryl methyl sites for hydroxylation is 1. The summed E-state index contributed by atoms with van der Waals surface area (Å²) in [5.41, 5.74) is 9.52. The molecule has 0 aromatic heterocycles. The van der Waals surface area contributed by atoms with Gasteiger partial charge >= 0.3 is 0 Å². The van der Waals surface area contributed by atoms with Crippen LogP contribution in [0.2, 0.25) is 0 Å². The van der Waals surface area contributed by atoms with Gasteiger partial charge in [-0.25, -0.2) is 0 Å². The Labute approximate surface area is 92.9 Å². The third-order valence-electron chi connectivity index (χ3n) is 2.56. The van der Waals surface area contributed by atoms with E-state index in [1.54, 1.807) is 0 Å². The first-order chi connectivity index (χ1) is 6.95. The number of hydrogen-bond acceptors (Lipinski definition) is 2. The quantitative estimate of drug-likeness (QED) is 0.798. The molecule has 0 aliphatic rings. The summed E-state index contributed by atoms with van der Waals surface area (Å²) in [6, 6.07) is 6.59. The average Bonchev–Trinajstić information content (AvgIpc) is 2.15. The lowest BCUT2D eigenvalue weighted by Crippen LogP contribution is -2.15. The molecule has 0 heterocycles. The fourth-order valence-electron chi connectivity index (χ4n) is 1.49. The molecule has 0 unspecified atom stereocenters. The minimum absolute atomic E-state index is 0.201. The van der Waals surface area contributed by atoms with E-state index < -0.39 is 0 Å². The molecule has 0 radical (unpaired) electrons. The first-order valence-corrected chi connectivity index (χ1v) is 5.50. The van der Waals surface area contributed by atoms with Gasteiger partial charge in [0.05, 0.1) is 0 Å². The lowest BCUT2D eigenvalue weighted by atomic mass is 9.86. The van der Waals surface area contributed by atoms with Crippen LogP contribution in [0.5, 0.6) is 0 Å². The maximum atomic E-state index is 5.49. The van der Waals surface area contributed by atoms with Gasteiger partial charge in [-0.15, -0.1) is 0 Å². The van der Waals surface area contributed by atoms with Gasteiger partial charge in [0.15, 0.2) is 0 Å². The van der Waals surface area contributed by atoms with E-state index in [1.807, 2.05) is 0 Å². The van der Waals surface area contributed by atoms with Gasteiger partial charge in [-0.1, -0.05) is 32.9 Å². The van der Waals surface area contributed by atoms with Gasteiger partial charge in [0.25, 0.3) is 0 Å². The van der Waals surface area contributed by atoms with Crippen LogP contribution in [0.1, 0.15) is 31.9 Å². The highest BCUT2D eigenvalue weighted by molar-refractivity contribution is 5.53. The molecule has 0 aliphatic heterocycles. The fraction of sp³-hybridized carbons (Fsp3) is 0.538. The van der Waals surface area contributed by atoms with Crippen LogP contribution >= 0.6 is 0 Å². The molecule has 1 aromatic carbocycles. The monoisotopic (exact) mass is 206 g/mol. The maximum absolute atomic E-state index is 5.49. The Morgan fingerprint density at radius 2 is 1.93 bits per heavy atom. The van der Waals surface area contributed by atoms with Crippen molar-refractivity contribution in [3.8, 4) is 0 Å². The molecule has 0 bridgehead atoms. The van der Waals surface area contributed by atoms with Crippen LogP contribution in [-0.4, -0.2) is 13.1 Å². The summed E-state index contributed by atoms with van der Waals surface area (Å²) in [5, 5.41) is 3.35. The van der Waals surface area contributed by atoms with Crippen molar-refractivity contribution in [3.63, 3.8) is 0 Å². The van der Waals surface area contributed by atoms with Crippen molar-refractivity contribution in [2.45, 2.75) is 33.1 Å². The first kappa shape index (κ1) is 12.1. The first-order valence-electron chi connectivity index (χ1n) is 5.50. The van der Waals surface area contributed by atoms with E-state index in [0.29, 0.717) is 6.54 Å². The molecule has 0 aliphatic carbocycles. The van der Waals surface area contributed by atoms with Crippen molar-refractivity contribution < 1.29 is 0 Å². The predicted molar refractivity (Wildman–Crippen MR) is 67.4 cm³/mol. The van der Waals surface area contributed by atoms with Gasteiger partial charge in [0, 0.05) is 18.8 Å². The second kappa shape index (κ2) is 4.67. The van der Waals surface area contributed by atoms with Crippen LogP contribution in [-0.2, 0) is 5.41 Å². The predicted octanol–water partition coefficient (Wildman–Crippen LogP) is 2.66. The molecule has 0 saturated heterocycles. The molecular weight excluding hydrogens is 184 g/mol. The molecule has 1 aromatic rings. The van der Waals surface area contributed by atoms with Crippen LogP contribution in [0.3, 0.4) is 0 Å². The molecule has 15 heavy (non-hydrogen) atoms. The van der Waals surface area contributed by atoms with Crippen LogP contribution in [0, 0.1) is 6.92 Å². The molecule has 2 nitrogen and oxygen atoms in total. The Kier molecular flexibility index (Phi) is 3.75. The molecule has 3 N–H and O–H groups in total. The Balaban J connectivity index is 2.95. The molecule has 0 spiro atoms. The van der Waals surface area contributed by atoms with Gasteiger partial charge in [-0.3, -0.25) is 0 Å². The Morgan fingerprint density at radius 1 is 1.27 bits per heavy atom. The van der Waals surface area contributed by atoms with Gasteiger partial charge in [0.1, 0.15) is 0 Å². The molecular formula is C13H22N2. The van der Waals surface area contributed by atoms with E-state index in [-0.39, 0.29) is 5.41 Å². The molecule has 84 valence electrons. The van der Waals surface area contributed by atoms with Gasteiger partial charge in [-0.2, -0.15) is 0 Å². The molecule has 2 heteroatoms. The SMILES string of the molecule is Cc1ccc(C(C)(C)C)cc1NCCN. The zero-order valence-corrected chi connectivity index (χ0v) is 10.2. The number of benzene rings is 1. The van der Waals surface area contributed by atoms with Gasteiger partial charge in [-0.05, 0) is 29.5 Å². The number of anilines is 1. The second-order valence-corrected chi connectivity index (χ2v) is 5.00. The second-order valence-electron chi connectivity index (χ2n) is 5.00. The molecule has 0 saturated carbocycles. The van der Waals surface area contributed by atoms with Crippen molar-refractivity contribution in [2.75, 3.05) is 18.4 Å². The zero-order chi connectivity index (χ0) is 11.5. The van der Waals surface area contributed by atoms with Crippen molar-refractivity contribution in [1.29, 1.82) is 0 Å². The summed E-state index contributed by atoms with van der Waals surface area (Å²) in [5.74, 6) is 0. The summed E-state index contributed by atoms with van der Waals surface area (Å²) >= 11 is 0. The van der Waals surface area contributed by atoms with Crippen molar-refractivity contribution in [3.05, 3.63) is 29.3 Å². The summed E-state index contributed by atoms with van der Waals surface area (Å²) in [6.45, 7) is 10.3. The van der Waals surface area contributed by atoms with E-state index in [0.717, 1.165) is 6.54 Å². The number of hydrogen-bond donors (Lipinski definition) is 2. The van der Waals surface area contributed by atoms with Crippen LogP contribution in [0.4, 0.5) is 5.69 Å². The standard InChI is InChI=1S/C13H22N2/c1-10-5-6-11(13(2,3)4)9-12(10)15-8-7-14/h5-6,9,15H,7-8,14H2,1-4H3. The highest BCUT2D eigenvalue weighted by Crippen LogP contribution is 2.26. The minimum Gasteiger partial charge on any atom is -0.384 e. The third-order valence-corrected chi connectivity index (χ3v) is 2.56. The highest BCUT2D eigenvalue weighted by Gasteiger charge is 2.14. The van der Waals surface area contributed by atoms with E-state index in [9.17, 15) is 0 Å². The van der Waals surface area contributed by atoms with Gasteiger partial charge < -0.3 is 11.1 Å². The lowest BCUT2D eigenvalue weighted by Gasteiger charge is -2.21. The summed E-state index contributed by atoms with van der Waals surface area (Å²) in [6.07, 6.45) is 0. The van der Waals surface area contributed by atoms with Crippen LogP contribution in [0.25, 0.3) is 0 Å². The van der Waals surface area contributed by atoms with E-state index in [4.69, 9.17) is 5.73 Å². The van der Waals surface area contributed by atoms with Crippen LogP contribution < -0.4 is 11.1 Å². The normalized spacial score (nSPS) is 11.5. The third kappa shape index (κ3) is 3.24. The van der Waals surface area contributed by atoms with Crippen molar-refractivity contribution >= 4 is 5.69 Å². The minimum atomic E-state index is 0.201. The fourth-order valence-corrected chi connectivity index (χ4v) is 1.49. The summed E-state index contributed by atoms with van der Waals surface area (Å²) in [4.78, 5) is 0. The van der Waals surface area contributed by atoms with Crippen molar-refractivity contribution in [1.82, 2.24) is 0 Å². The van der Waals surface area contributed by atoms with E-state index >= 15 is 0 Å². The number of rotatable bonds is 3. The van der Waals surface area contributed by atoms with Crippen molar-refractivity contribution in [2.24, 2.45) is 5.73 Å². The number of nitrogens with two attached hydrogens (primary N) is 1. The largest absolute Gasteiger partial charge is 0.384 e. The molecule has 0 amide bonds. The summed E-state index contributed by atoms with van der Waals surface area (Å²) < 4.78 is 0. The Morgan fingerprint density at radius 3 is 2.47 bits per heavy atom. The molecule has 0 atom stereocenters. The van der Waals surface area contributed by atoms with Gasteiger partial charge in [0.2, 0.25) is 0 Å². The zero-order valence-electron chi connectivity index (χ0n) is 10.2. The number of nitrogens with one attached hydrogen (secondary N) is 1. The molecule has 0 fully saturated rings. The van der Waals surface area contributed by atoms with E-state index in [2.05, 4.69) is 51.2 Å². The highest BCUT2D eigenvalue weighted by atomic mass is 14.9. The average molecular weight is 206 g/mol. The smallest absolute Gasteiger partial charge is 0.0373 e. The topological polar surface area (TPSA) is 38.0 Å². The van der Waals surface area contributed by atoms with Crippen LogP contribution in [0.15, 0.2) is 18.2 Å². The van der Waals surface area contributed by atoms with E-state index in [1.165, 1.54) is 16.8 Å². The Hall–Kier alpha value is -1.02.